The van der Waals surface area contributed by atoms with Crippen molar-refractivity contribution < 1.29 is 13.2 Å². The van der Waals surface area contributed by atoms with Crippen LogP contribution in [0.5, 0.6) is 0 Å². The van der Waals surface area contributed by atoms with Crippen molar-refractivity contribution in [3.05, 3.63) is 52.6 Å². The Morgan fingerprint density at radius 1 is 1.16 bits per heavy atom. The lowest BCUT2D eigenvalue weighted by Gasteiger charge is -2.35. The molecule has 11 heteroatoms. The average molecular weight is 459 g/mol. The highest BCUT2D eigenvalue weighted by Crippen LogP contribution is 2.18. The molecule has 1 amide bonds. The van der Waals surface area contributed by atoms with Crippen LogP contribution in [-0.2, 0) is 21.4 Å². The lowest BCUT2D eigenvalue weighted by atomic mass is 10.2. The van der Waals surface area contributed by atoms with Crippen LogP contribution in [-0.4, -0.2) is 72.3 Å². The molecule has 1 saturated heterocycles. The lowest BCUT2D eigenvalue weighted by molar-refractivity contribution is -0.132. The molecule has 3 heterocycles. The summed E-state index contributed by atoms with van der Waals surface area (Å²) in [5, 5.41) is 9.27. The minimum atomic E-state index is -3.74. The number of hydrogen-bond donors (Lipinski definition) is 0. The van der Waals surface area contributed by atoms with Gasteiger partial charge in [-0.2, -0.15) is 9.57 Å². The highest BCUT2D eigenvalue weighted by atomic mass is 32.2. The Kier molecular flexibility index (Phi) is 7.27. The van der Waals surface area contributed by atoms with Gasteiger partial charge in [0, 0.05) is 57.7 Å². The molecule has 0 N–H and O–H groups in total. The van der Waals surface area contributed by atoms with E-state index in [0.717, 1.165) is 4.57 Å². The first-order valence-electron chi connectivity index (χ1n) is 10.4. The van der Waals surface area contributed by atoms with Crippen molar-refractivity contribution in [2.24, 2.45) is 0 Å². The number of anilines is 1. The van der Waals surface area contributed by atoms with Gasteiger partial charge < -0.3 is 14.4 Å². The van der Waals surface area contributed by atoms with Gasteiger partial charge in [-0.1, -0.05) is 13.8 Å². The smallest absolute Gasteiger partial charge is 0.251 e. The fraction of sp³-hybridized carbons (Fsp3) is 0.429. The Hall–Kier alpha value is -3.23. The molecule has 0 saturated carbocycles. The number of pyridine rings is 2. The minimum Gasteiger partial charge on any atom is -0.352 e. The molecule has 0 radical (unpaired) electrons. The molecule has 0 atom stereocenters. The van der Waals surface area contributed by atoms with Gasteiger partial charge in [-0.15, -0.1) is 0 Å². The lowest BCUT2D eigenvalue weighted by Crippen LogP contribution is -2.50. The molecular formula is C21H26N6O4S. The molecule has 32 heavy (non-hydrogen) atoms. The van der Waals surface area contributed by atoms with E-state index in [1.54, 1.807) is 37.1 Å². The number of amides is 1. The van der Waals surface area contributed by atoms with Crippen molar-refractivity contribution in [3.8, 4) is 6.07 Å². The summed E-state index contributed by atoms with van der Waals surface area (Å²) in [6.45, 7) is 5.68. The third-order valence-corrected chi connectivity index (χ3v) is 7.48. The van der Waals surface area contributed by atoms with E-state index in [2.05, 4.69) is 11.1 Å². The molecule has 1 aliphatic heterocycles. The molecule has 1 fully saturated rings. The number of carbonyl (C=O) groups excluding carboxylic acids is 1. The molecule has 2 aromatic rings. The first-order chi connectivity index (χ1) is 15.3. The summed E-state index contributed by atoms with van der Waals surface area (Å²) in [5.41, 5.74) is 0.0349. The topological polar surface area (TPSA) is 120 Å². The normalized spacial score (nSPS) is 14.4. The Bertz CT molecular complexity index is 1180. The average Bonchev–Trinajstić information content (AvgIpc) is 2.81. The van der Waals surface area contributed by atoms with Crippen LogP contribution in [0.25, 0.3) is 0 Å². The van der Waals surface area contributed by atoms with E-state index in [4.69, 9.17) is 0 Å². The summed E-state index contributed by atoms with van der Waals surface area (Å²) in [4.78, 5) is 32.9. The molecular weight excluding hydrogens is 432 g/mol. The van der Waals surface area contributed by atoms with Crippen LogP contribution < -0.4 is 10.5 Å². The largest absolute Gasteiger partial charge is 0.352 e. The molecule has 10 nitrogen and oxygen atoms in total. The summed E-state index contributed by atoms with van der Waals surface area (Å²) in [6, 6.07) is 7.97. The van der Waals surface area contributed by atoms with Crippen molar-refractivity contribution in [2.45, 2.75) is 25.3 Å². The molecule has 0 bridgehead atoms. The van der Waals surface area contributed by atoms with E-state index in [9.17, 15) is 23.3 Å². The van der Waals surface area contributed by atoms with Crippen LogP contribution in [0.4, 0.5) is 5.82 Å². The summed E-state index contributed by atoms with van der Waals surface area (Å²) < 4.78 is 27.9. The van der Waals surface area contributed by atoms with Gasteiger partial charge in [-0.25, -0.2) is 13.4 Å². The number of rotatable bonds is 7. The van der Waals surface area contributed by atoms with Gasteiger partial charge in [0.05, 0.1) is 10.5 Å². The minimum absolute atomic E-state index is 0.0161. The molecule has 3 rings (SSSR count). The van der Waals surface area contributed by atoms with Crippen LogP contribution >= 0.6 is 0 Å². The van der Waals surface area contributed by atoms with Crippen LogP contribution in [0, 0.1) is 11.3 Å². The molecule has 2 aromatic heterocycles. The number of nitrogens with zero attached hydrogens (tertiary/aromatic N) is 6. The molecule has 1 aliphatic rings. The van der Waals surface area contributed by atoms with Gasteiger partial charge in [0.1, 0.15) is 18.4 Å². The third-order valence-electron chi connectivity index (χ3n) is 5.44. The van der Waals surface area contributed by atoms with Crippen molar-refractivity contribution in [1.82, 2.24) is 18.8 Å². The van der Waals surface area contributed by atoms with Gasteiger partial charge in [0.2, 0.25) is 15.9 Å². The quantitative estimate of drug-likeness (QED) is 0.592. The summed E-state index contributed by atoms with van der Waals surface area (Å²) >= 11 is 0. The summed E-state index contributed by atoms with van der Waals surface area (Å²) in [5.74, 6) is 0.318. The second-order valence-corrected chi connectivity index (χ2v) is 9.21. The maximum absolute atomic E-state index is 12.8. The molecule has 0 unspecified atom stereocenters. The number of sulfonamides is 1. The highest BCUT2D eigenvalue weighted by molar-refractivity contribution is 7.89. The van der Waals surface area contributed by atoms with E-state index in [-0.39, 0.29) is 17.3 Å². The van der Waals surface area contributed by atoms with Gasteiger partial charge in [0.15, 0.2) is 0 Å². The molecule has 170 valence electrons. The Labute approximate surface area is 187 Å². The number of carbonyl (C=O) groups is 1. The zero-order valence-corrected chi connectivity index (χ0v) is 19.0. The maximum Gasteiger partial charge on any atom is 0.251 e. The van der Waals surface area contributed by atoms with Gasteiger partial charge in [0.25, 0.3) is 5.56 Å². The first kappa shape index (κ1) is 23.4. The monoisotopic (exact) mass is 458 g/mol. The third kappa shape index (κ3) is 4.81. The van der Waals surface area contributed by atoms with E-state index in [1.807, 2.05) is 4.90 Å². The number of nitriles is 1. The van der Waals surface area contributed by atoms with Crippen molar-refractivity contribution >= 4 is 21.7 Å². The Morgan fingerprint density at radius 2 is 1.84 bits per heavy atom. The van der Waals surface area contributed by atoms with E-state index in [0.29, 0.717) is 50.6 Å². The fourth-order valence-corrected chi connectivity index (χ4v) is 5.13. The summed E-state index contributed by atoms with van der Waals surface area (Å²) in [7, 11) is -3.74. The SMILES string of the molecule is CCN(CC)S(=O)(=O)c1ccc(=O)n(CC(=O)N2CCN(c3ncccc3C#N)CC2)c1. The van der Waals surface area contributed by atoms with Gasteiger partial charge >= 0.3 is 0 Å². The molecule has 0 spiro atoms. The van der Waals surface area contributed by atoms with Gasteiger partial charge in [-0.05, 0) is 18.2 Å². The van der Waals surface area contributed by atoms with Crippen molar-refractivity contribution in [3.63, 3.8) is 0 Å². The van der Waals surface area contributed by atoms with Crippen molar-refractivity contribution in [1.29, 1.82) is 5.26 Å². The number of piperazine rings is 1. The van der Waals surface area contributed by atoms with Crippen LogP contribution in [0.1, 0.15) is 19.4 Å². The van der Waals surface area contributed by atoms with Gasteiger partial charge in [-0.3, -0.25) is 9.59 Å². The van der Waals surface area contributed by atoms with E-state index in [1.165, 1.54) is 22.6 Å². The molecule has 0 aromatic carbocycles. The maximum atomic E-state index is 12.8. The van der Waals surface area contributed by atoms with Crippen LogP contribution in [0.3, 0.4) is 0 Å². The standard InChI is InChI=1S/C21H26N6O4S/c1-3-27(4-2)32(30,31)18-7-8-19(28)26(15-18)16-20(29)24-10-12-25(13-11-24)21-17(14-22)6-5-9-23-21/h5-9,15H,3-4,10-13,16H2,1-2H3. The predicted molar refractivity (Wildman–Crippen MR) is 119 cm³/mol. The number of hydrogen-bond acceptors (Lipinski definition) is 7. The molecule has 0 aliphatic carbocycles. The number of aromatic nitrogens is 2. The van der Waals surface area contributed by atoms with Crippen LogP contribution in [0.15, 0.2) is 46.3 Å². The van der Waals surface area contributed by atoms with E-state index >= 15 is 0 Å². The highest BCUT2D eigenvalue weighted by Gasteiger charge is 2.25. The van der Waals surface area contributed by atoms with Crippen LogP contribution in [0.2, 0.25) is 0 Å². The summed E-state index contributed by atoms with van der Waals surface area (Å²) in [6.07, 6.45) is 2.86. The Morgan fingerprint density at radius 3 is 2.47 bits per heavy atom. The second kappa shape index (κ2) is 9.93. The Balaban J connectivity index is 1.71. The zero-order chi connectivity index (χ0) is 23.3. The second-order valence-electron chi connectivity index (χ2n) is 7.27. The predicted octanol–water partition coefficient (Wildman–Crippen LogP) is 0.494. The fourth-order valence-electron chi connectivity index (χ4n) is 3.65. The van der Waals surface area contributed by atoms with E-state index < -0.39 is 15.6 Å². The van der Waals surface area contributed by atoms with Crippen molar-refractivity contribution in [2.75, 3.05) is 44.2 Å². The first-order valence-corrected chi connectivity index (χ1v) is 11.8. The zero-order valence-electron chi connectivity index (χ0n) is 18.1.